The first-order chi connectivity index (χ1) is 12.3. The zero-order chi connectivity index (χ0) is 18.9. The number of ether oxygens (including phenoxy) is 1. The van der Waals surface area contributed by atoms with Gasteiger partial charge in [0.2, 0.25) is 0 Å². The van der Waals surface area contributed by atoms with Gasteiger partial charge in [-0.15, -0.1) is 0 Å². The van der Waals surface area contributed by atoms with Crippen molar-refractivity contribution in [2.75, 3.05) is 12.0 Å². The Balaban J connectivity index is 1.96. The third-order valence-electron chi connectivity index (χ3n) is 4.10. The molecule has 0 radical (unpaired) electrons. The van der Waals surface area contributed by atoms with E-state index in [0.29, 0.717) is 6.54 Å². The first kappa shape index (κ1) is 18.3. The van der Waals surface area contributed by atoms with Crippen molar-refractivity contribution in [1.82, 2.24) is 0 Å². The molecule has 1 unspecified atom stereocenters. The van der Waals surface area contributed by atoms with Gasteiger partial charge in [-0.2, -0.15) is 4.40 Å². The number of amides is 1. The summed E-state index contributed by atoms with van der Waals surface area (Å²) in [6.07, 6.45) is 0. The lowest BCUT2D eigenvalue weighted by Crippen LogP contribution is -2.30. The number of carbonyl (C=O) groups excluding carboxylic acids is 1. The van der Waals surface area contributed by atoms with E-state index in [-0.39, 0.29) is 11.6 Å². The van der Waals surface area contributed by atoms with E-state index in [9.17, 15) is 9.00 Å². The van der Waals surface area contributed by atoms with E-state index in [1.165, 1.54) is 0 Å². The summed E-state index contributed by atoms with van der Waals surface area (Å²) in [5, 5.41) is 0. The Bertz CT molecular complexity index is 883. The first-order valence-electron chi connectivity index (χ1n) is 8.36. The normalized spacial score (nSPS) is 16.7. The summed E-state index contributed by atoms with van der Waals surface area (Å²) in [5.74, 6) is 0.546. The van der Waals surface area contributed by atoms with Crippen LogP contribution in [0.4, 0.5) is 5.69 Å². The highest BCUT2D eigenvalue weighted by Crippen LogP contribution is 2.31. The fraction of sp³-hybridized carbons (Fsp3) is 0.300. The van der Waals surface area contributed by atoms with E-state index in [0.717, 1.165) is 22.6 Å². The summed E-state index contributed by atoms with van der Waals surface area (Å²) in [7, 11) is 0.121. The lowest BCUT2D eigenvalue weighted by atomic mass is 10.1. The van der Waals surface area contributed by atoms with Crippen LogP contribution in [0.5, 0.6) is 5.75 Å². The van der Waals surface area contributed by atoms with Crippen molar-refractivity contribution in [3.63, 3.8) is 0 Å². The molecule has 0 bridgehead atoms. The van der Waals surface area contributed by atoms with Crippen molar-refractivity contribution in [3.8, 4) is 5.75 Å². The molecule has 0 saturated carbocycles. The Labute approximate surface area is 156 Å². The van der Waals surface area contributed by atoms with Gasteiger partial charge in [-0.05, 0) is 44.5 Å². The van der Waals surface area contributed by atoms with Crippen LogP contribution in [-0.4, -0.2) is 27.7 Å². The minimum Gasteiger partial charge on any atom is -0.497 e. The van der Waals surface area contributed by atoms with Crippen LogP contribution in [0.3, 0.4) is 0 Å². The second-order valence-corrected chi connectivity index (χ2v) is 8.96. The van der Waals surface area contributed by atoms with Crippen LogP contribution in [0.25, 0.3) is 0 Å². The SMILES string of the molecule is COc1ccc(CN2C(=O)/C(=N/S(=O)C(C)(C)C)c3ccccc32)cc1. The van der Waals surface area contributed by atoms with Gasteiger partial charge >= 0.3 is 0 Å². The van der Waals surface area contributed by atoms with E-state index < -0.39 is 15.7 Å². The standard InChI is InChI=1S/C20H22N2O3S/c1-20(2,3)26(24)21-18-16-7-5-6-8-17(16)22(19(18)23)13-14-9-11-15(25-4)12-10-14/h5-12H,13H2,1-4H3/b21-18+. The van der Waals surface area contributed by atoms with Gasteiger partial charge in [-0.1, -0.05) is 30.3 Å². The minimum absolute atomic E-state index is 0.223. The molecule has 0 aromatic heterocycles. The topological polar surface area (TPSA) is 59.0 Å². The molecule has 26 heavy (non-hydrogen) atoms. The molecule has 1 heterocycles. The first-order valence-corrected chi connectivity index (χ1v) is 9.47. The summed E-state index contributed by atoms with van der Waals surface area (Å²) in [6, 6.07) is 15.1. The van der Waals surface area contributed by atoms with Gasteiger partial charge < -0.3 is 9.64 Å². The second-order valence-electron chi connectivity index (χ2n) is 7.06. The summed E-state index contributed by atoms with van der Waals surface area (Å²) in [5.41, 5.74) is 2.76. The number of para-hydroxylation sites is 1. The molecule has 0 spiro atoms. The summed E-state index contributed by atoms with van der Waals surface area (Å²) in [6.45, 7) is 5.94. The van der Waals surface area contributed by atoms with Crippen molar-refractivity contribution in [2.45, 2.75) is 32.1 Å². The molecule has 5 nitrogen and oxygen atoms in total. The van der Waals surface area contributed by atoms with E-state index in [1.54, 1.807) is 12.0 Å². The Morgan fingerprint density at radius 1 is 1.08 bits per heavy atom. The molecule has 3 rings (SSSR count). The fourth-order valence-electron chi connectivity index (χ4n) is 2.64. The minimum atomic E-state index is -1.50. The van der Waals surface area contributed by atoms with Gasteiger partial charge in [0.05, 0.1) is 24.1 Å². The highest BCUT2D eigenvalue weighted by molar-refractivity contribution is 7.85. The molecule has 1 amide bonds. The zero-order valence-electron chi connectivity index (χ0n) is 15.4. The highest BCUT2D eigenvalue weighted by Gasteiger charge is 2.35. The van der Waals surface area contributed by atoms with Crippen LogP contribution in [0.15, 0.2) is 52.9 Å². The molecule has 0 aliphatic carbocycles. The molecule has 0 fully saturated rings. The number of carbonyl (C=O) groups is 1. The van der Waals surface area contributed by atoms with Gasteiger partial charge in [0, 0.05) is 5.56 Å². The van der Waals surface area contributed by atoms with Crippen molar-refractivity contribution < 1.29 is 13.7 Å². The fourth-order valence-corrected chi connectivity index (χ4v) is 3.26. The van der Waals surface area contributed by atoms with Crippen molar-refractivity contribution in [1.29, 1.82) is 0 Å². The monoisotopic (exact) mass is 370 g/mol. The number of rotatable bonds is 4. The second kappa shape index (κ2) is 7.03. The third kappa shape index (κ3) is 3.55. The molecular formula is C20H22N2O3S. The summed E-state index contributed by atoms with van der Waals surface area (Å²) < 4.78 is 21.4. The van der Waals surface area contributed by atoms with Crippen molar-refractivity contribution >= 4 is 28.3 Å². The van der Waals surface area contributed by atoms with Gasteiger partial charge in [-0.3, -0.25) is 4.79 Å². The van der Waals surface area contributed by atoms with Gasteiger partial charge in [0.25, 0.3) is 5.91 Å². The van der Waals surface area contributed by atoms with Gasteiger partial charge in [0.1, 0.15) is 22.4 Å². The van der Waals surface area contributed by atoms with E-state index in [2.05, 4.69) is 4.40 Å². The number of hydrogen-bond donors (Lipinski definition) is 0. The average Bonchev–Trinajstić information content (AvgIpc) is 2.87. The number of nitrogens with zero attached hydrogens (tertiary/aromatic N) is 2. The smallest absolute Gasteiger partial charge is 0.278 e. The Kier molecular flexibility index (Phi) is 4.96. The lowest BCUT2D eigenvalue weighted by molar-refractivity contribution is -0.112. The molecule has 1 aliphatic rings. The average molecular weight is 370 g/mol. The van der Waals surface area contributed by atoms with Crippen LogP contribution in [0, 0.1) is 0 Å². The number of hydrogen-bond acceptors (Lipinski definition) is 3. The summed E-state index contributed by atoms with van der Waals surface area (Å²) >= 11 is 0. The molecule has 136 valence electrons. The number of fused-ring (bicyclic) bond motifs is 1. The molecule has 6 heteroatoms. The predicted molar refractivity (Wildman–Crippen MR) is 105 cm³/mol. The van der Waals surface area contributed by atoms with E-state index in [4.69, 9.17) is 4.74 Å². The lowest BCUT2D eigenvalue weighted by Gasteiger charge is -2.17. The molecule has 1 atom stereocenters. The Hall–Kier alpha value is -2.47. The number of methoxy groups -OCH3 is 1. The maximum absolute atomic E-state index is 13.0. The molecular weight excluding hydrogens is 348 g/mol. The van der Waals surface area contributed by atoms with Crippen LogP contribution in [0.1, 0.15) is 31.9 Å². The molecule has 0 saturated heterocycles. The molecule has 2 aromatic rings. The number of anilines is 1. The largest absolute Gasteiger partial charge is 0.497 e. The molecule has 1 aliphatic heterocycles. The van der Waals surface area contributed by atoms with Crippen LogP contribution in [0.2, 0.25) is 0 Å². The van der Waals surface area contributed by atoms with Crippen LogP contribution < -0.4 is 9.64 Å². The quantitative estimate of drug-likeness (QED) is 0.828. The van der Waals surface area contributed by atoms with E-state index >= 15 is 0 Å². The maximum atomic E-state index is 13.0. The predicted octanol–water partition coefficient (Wildman–Crippen LogP) is 3.49. The maximum Gasteiger partial charge on any atom is 0.278 e. The summed E-state index contributed by atoms with van der Waals surface area (Å²) in [4.78, 5) is 14.7. The Morgan fingerprint density at radius 3 is 2.35 bits per heavy atom. The highest BCUT2D eigenvalue weighted by atomic mass is 32.2. The third-order valence-corrected chi connectivity index (χ3v) is 5.49. The van der Waals surface area contributed by atoms with Crippen LogP contribution in [-0.2, 0) is 22.3 Å². The molecule has 2 aromatic carbocycles. The van der Waals surface area contributed by atoms with Gasteiger partial charge in [0.15, 0.2) is 0 Å². The van der Waals surface area contributed by atoms with Crippen molar-refractivity contribution in [3.05, 3.63) is 59.7 Å². The van der Waals surface area contributed by atoms with Gasteiger partial charge in [-0.25, -0.2) is 4.21 Å². The number of benzene rings is 2. The van der Waals surface area contributed by atoms with Crippen molar-refractivity contribution in [2.24, 2.45) is 4.40 Å². The van der Waals surface area contributed by atoms with Crippen LogP contribution >= 0.6 is 0 Å². The molecule has 0 N–H and O–H groups in total. The Morgan fingerprint density at radius 2 is 1.73 bits per heavy atom. The van der Waals surface area contributed by atoms with E-state index in [1.807, 2.05) is 69.3 Å². The zero-order valence-corrected chi connectivity index (χ0v) is 16.2.